The van der Waals surface area contributed by atoms with Crippen LogP contribution < -0.4 is 15.4 Å². The molecular weight excluding hydrogens is 546 g/mol. The monoisotopic (exact) mass is 568 g/mol. The first-order chi connectivity index (χ1) is 17.2. The molecule has 0 spiro atoms. The number of benzene rings is 1. The first kappa shape index (κ1) is 27.3. The molecule has 2 atom stereocenters. The summed E-state index contributed by atoms with van der Waals surface area (Å²) in [5.74, 6) is -0.376. The van der Waals surface area contributed by atoms with Crippen molar-refractivity contribution in [2.24, 2.45) is 5.92 Å². The number of sulfonamides is 1. The van der Waals surface area contributed by atoms with E-state index in [4.69, 9.17) is 0 Å². The van der Waals surface area contributed by atoms with Crippen LogP contribution in [0.15, 0.2) is 24.3 Å². The fourth-order valence-electron chi connectivity index (χ4n) is 4.07. The number of anilines is 2. The molecule has 1 aliphatic rings. The molecule has 37 heavy (non-hydrogen) atoms. The van der Waals surface area contributed by atoms with E-state index in [-0.39, 0.29) is 30.3 Å². The summed E-state index contributed by atoms with van der Waals surface area (Å²) in [5, 5.41) is 5.90. The number of alkyl halides is 6. The third-order valence-corrected chi connectivity index (χ3v) is 8.00. The molecule has 0 radical (unpaired) electrons. The van der Waals surface area contributed by atoms with Gasteiger partial charge in [0.15, 0.2) is 0 Å². The number of rotatable bonds is 8. The fourth-order valence-corrected chi connectivity index (χ4v) is 5.75. The Morgan fingerprint density at radius 3 is 2.46 bits per heavy atom. The maximum Gasteiger partial charge on any atom is 0.511 e. The van der Waals surface area contributed by atoms with E-state index in [2.05, 4.69) is 25.6 Å². The molecule has 1 aliphatic carbocycles. The molecule has 202 valence electrons. The van der Waals surface area contributed by atoms with Gasteiger partial charge in [0.25, 0.3) is 0 Å². The van der Waals surface area contributed by atoms with E-state index in [9.17, 15) is 34.8 Å². The number of aromatic nitrogens is 3. The second kappa shape index (κ2) is 10.2. The second-order valence-electron chi connectivity index (χ2n) is 8.63. The Morgan fingerprint density at radius 1 is 1.05 bits per heavy atom. The predicted octanol–water partition coefficient (Wildman–Crippen LogP) is 5.06. The molecule has 3 aromatic rings. The van der Waals surface area contributed by atoms with Crippen LogP contribution in [0.1, 0.15) is 25.0 Å². The number of nitrogens with zero attached hydrogens (tertiary/aromatic N) is 3. The summed E-state index contributed by atoms with van der Waals surface area (Å²) in [4.78, 5) is 13.0. The van der Waals surface area contributed by atoms with Gasteiger partial charge in [-0.25, -0.2) is 23.1 Å². The molecule has 8 nitrogen and oxygen atoms in total. The smallest absolute Gasteiger partial charge is 0.367 e. The van der Waals surface area contributed by atoms with Crippen molar-refractivity contribution < 1.29 is 34.8 Å². The van der Waals surface area contributed by atoms with Crippen molar-refractivity contribution in [3.63, 3.8) is 0 Å². The van der Waals surface area contributed by atoms with Crippen LogP contribution in [-0.2, 0) is 10.0 Å². The zero-order valence-electron chi connectivity index (χ0n) is 19.2. The standard InChI is InChI=1S/C21H22F6N6O2S2/c1-11-16(18-32-14-4-2-3-5-15(14)36-18)17(33-19(30-11)28-10-20(22,23)24)31-13-7-6-12(8-13)9-29-37(34,35)21(25,26)27/h2-5,12-13,29H,6-10H2,1H3,(H2,28,30,31,33)/t12-,13+/m1/s1. The van der Waals surface area contributed by atoms with Crippen molar-refractivity contribution in [1.29, 1.82) is 0 Å². The van der Waals surface area contributed by atoms with E-state index in [0.29, 0.717) is 35.5 Å². The molecule has 1 aromatic carbocycles. The predicted molar refractivity (Wildman–Crippen MR) is 128 cm³/mol. The average Bonchev–Trinajstić information content (AvgIpc) is 3.41. The van der Waals surface area contributed by atoms with Crippen LogP contribution >= 0.6 is 11.3 Å². The van der Waals surface area contributed by atoms with Crippen LogP contribution in [0.2, 0.25) is 0 Å². The number of hydrogen-bond acceptors (Lipinski definition) is 8. The lowest BCUT2D eigenvalue weighted by atomic mass is 10.1. The zero-order chi connectivity index (χ0) is 27.0. The van der Waals surface area contributed by atoms with Crippen LogP contribution in [0.5, 0.6) is 0 Å². The van der Waals surface area contributed by atoms with Gasteiger partial charge in [0, 0.05) is 12.6 Å². The largest absolute Gasteiger partial charge is 0.511 e. The van der Waals surface area contributed by atoms with Gasteiger partial charge in [0.2, 0.25) is 5.95 Å². The van der Waals surface area contributed by atoms with Crippen LogP contribution in [0.3, 0.4) is 0 Å². The van der Waals surface area contributed by atoms with Crippen LogP contribution in [-0.4, -0.2) is 54.2 Å². The highest BCUT2D eigenvalue weighted by Crippen LogP contribution is 2.38. The van der Waals surface area contributed by atoms with E-state index < -0.39 is 28.3 Å². The molecule has 0 unspecified atom stereocenters. The maximum absolute atomic E-state index is 12.7. The van der Waals surface area contributed by atoms with E-state index in [0.717, 1.165) is 10.2 Å². The summed E-state index contributed by atoms with van der Waals surface area (Å²) in [6.45, 7) is -0.0977. The number of halogens is 6. The molecule has 0 amide bonds. The summed E-state index contributed by atoms with van der Waals surface area (Å²) in [7, 11) is -5.44. The molecule has 3 N–H and O–H groups in total. The molecule has 0 saturated heterocycles. The quantitative estimate of drug-likeness (QED) is 0.326. The number of hydrogen-bond donors (Lipinski definition) is 3. The van der Waals surface area contributed by atoms with Crippen molar-refractivity contribution in [1.82, 2.24) is 19.7 Å². The Morgan fingerprint density at radius 2 is 1.78 bits per heavy atom. The van der Waals surface area contributed by atoms with Crippen molar-refractivity contribution in [3.8, 4) is 10.6 Å². The highest BCUT2D eigenvalue weighted by molar-refractivity contribution is 7.90. The van der Waals surface area contributed by atoms with Crippen LogP contribution in [0.4, 0.5) is 38.1 Å². The van der Waals surface area contributed by atoms with E-state index in [1.165, 1.54) is 11.3 Å². The Hall–Kier alpha value is -2.72. The minimum Gasteiger partial charge on any atom is -0.367 e. The summed E-state index contributed by atoms with van der Waals surface area (Å²) in [6, 6.07) is 7.06. The number of thiazole rings is 1. The average molecular weight is 569 g/mol. The normalized spacial score (nSPS) is 18.9. The number of fused-ring (bicyclic) bond motifs is 1. The molecule has 0 bridgehead atoms. The first-order valence-corrected chi connectivity index (χ1v) is 13.4. The van der Waals surface area contributed by atoms with Crippen LogP contribution in [0.25, 0.3) is 20.8 Å². The fraction of sp³-hybridized carbons (Fsp3) is 0.476. The van der Waals surface area contributed by atoms with Gasteiger partial charge in [-0.05, 0) is 44.2 Å². The van der Waals surface area contributed by atoms with Crippen molar-refractivity contribution >= 4 is 43.3 Å². The molecule has 0 aliphatic heterocycles. The zero-order valence-corrected chi connectivity index (χ0v) is 20.9. The van der Waals surface area contributed by atoms with Gasteiger partial charge < -0.3 is 10.6 Å². The van der Waals surface area contributed by atoms with Crippen molar-refractivity contribution in [3.05, 3.63) is 30.0 Å². The van der Waals surface area contributed by atoms with Crippen LogP contribution in [0, 0.1) is 12.8 Å². The summed E-state index contributed by atoms with van der Waals surface area (Å²) < 4.78 is 101. The van der Waals surface area contributed by atoms with Gasteiger partial charge in [0.1, 0.15) is 17.4 Å². The minimum atomic E-state index is -5.44. The SMILES string of the molecule is Cc1nc(NCC(F)(F)F)nc(N[C@H]2CC[C@@H](CNS(=O)(=O)C(F)(F)F)C2)c1-c1nc2ccccc2s1. The van der Waals surface area contributed by atoms with Gasteiger partial charge in [-0.15, -0.1) is 11.3 Å². The Kier molecular flexibility index (Phi) is 7.54. The molecule has 2 heterocycles. The second-order valence-corrected chi connectivity index (χ2v) is 11.4. The third kappa shape index (κ3) is 6.59. The van der Waals surface area contributed by atoms with E-state index in [1.807, 2.05) is 24.3 Å². The summed E-state index contributed by atoms with van der Waals surface area (Å²) in [5.41, 5.74) is -3.79. The molecule has 16 heteroatoms. The van der Waals surface area contributed by atoms with Gasteiger partial charge in [-0.3, -0.25) is 0 Å². The topological polar surface area (TPSA) is 109 Å². The van der Waals surface area contributed by atoms with E-state index in [1.54, 1.807) is 11.6 Å². The molecule has 4 rings (SSSR count). The summed E-state index contributed by atoms with van der Waals surface area (Å²) >= 11 is 1.36. The Labute approximate surface area is 212 Å². The summed E-state index contributed by atoms with van der Waals surface area (Å²) in [6.07, 6.45) is -3.23. The molecule has 1 saturated carbocycles. The highest BCUT2D eigenvalue weighted by atomic mass is 32.2. The first-order valence-electron chi connectivity index (χ1n) is 11.1. The molecular formula is C21H22F6N6O2S2. The lowest BCUT2D eigenvalue weighted by Crippen LogP contribution is -2.38. The number of nitrogens with one attached hydrogen (secondary N) is 3. The Bertz CT molecular complexity index is 1340. The molecule has 1 fully saturated rings. The third-order valence-electron chi connectivity index (χ3n) is 5.79. The Balaban J connectivity index is 1.57. The van der Waals surface area contributed by atoms with Gasteiger partial charge in [0.05, 0.1) is 21.5 Å². The number of aryl methyl sites for hydroxylation is 1. The van der Waals surface area contributed by atoms with Crippen molar-refractivity contribution in [2.75, 3.05) is 23.7 Å². The lowest BCUT2D eigenvalue weighted by molar-refractivity contribution is -0.115. The molecule has 2 aromatic heterocycles. The van der Waals surface area contributed by atoms with Crippen molar-refractivity contribution in [2.45, 2.75) is 43.9 Å². The van der Waals surface area contributed by atoms with Gasteiger partial charge in [-0.2, -0.15) is 31.3 Å². The highest BCUT2D eigenvalue weighted by Gasteiger charge is 2.46. The maximum atomic E-state index is 12.7. The minimum absolute atomic E-state index is 0.234. The number of para-hydroxylation sites is 1. The van der Waals surface area contributed by atoms with Gasteiger partial charge >= 0.3 is 21.7 Å². The lowest BCUT2D eigenvalue weighted by Gasteiger charge is -2.19. The van der Waals surface area contributed by atoms with E-state index >= 15 is 0 Å². The van der Waals surface area contributed by atoms with Gasteiger partial charge in [-0.1, -0.05) is 12.1 Å².